The maximum atomic E-state index is 6.08. The van der Waals surface area contributed by atoms with E-state index < -0.39 is 0 Å². The number of hydrogen-bond acceptors (Lipinski definition) is 3. The van der Waals surface area contributed by atoms with Crippen molar-refractivity contribution in [2.45, 2.75) is 31.3 Å². The molecular formula is C15H23BrN2O. The zero-order valence-corrected chi connectivity index (χ0v) is 13.2. The van der Waals surface area contributed by atoms with Crippen LogP contribution in [0.1, 0.15) is 24.8 Å². The highest BCUT2D eigenvalue weighted by molar-refractivity contribution is 9.10. The average molecular weight is 327 g/mol. The zero-order chi connectivity index (χ0) is 13.7. The predicted molar refractivity (Wildman–Crippen MR) is 82.1 cm³/mol. The van der Waals surface area contributed by atoms with Crippen molar-refractivity contribution in [2.24, 2.45) is 5.73 Å². The zero-order valence-electron chi connectivity index (χ0n) is 11.6. The fourth-order valence-electron chi connectivity index (χ4n) is 2.77. The molecule has 4 heteroatoms. The number of rotatable bonds is 4. The predicted octanol–water partition coefficient (Wildman–Crippen LogP) is 2.78. The Labute approximate surface area is 124 Å². The quantitative estimate of drug-likeness (QED) is 0.924. The number of nitrogens with two attached hydrogens (primary N) is 1. The molecule has 2 rings (SSSR count). The first kappa shape index (κ1) is 15.0. The van der Waals surface area contributed by atoms with Gasteiger partial charge in [-0.15, -0.1) is 0 Å². The van der Waals surface area contributed by atoms with E-state index in [2.05, 4.69) is 52.1 Å². The number of nitrogens with zero attached hydrogens (tertiary/aromatic N) is 1. The van der Waals surface area contributed by atoms with Gasteiger partial charge in [0.2, 0.25) is 0 Å². The molecule has 1 aliphatic heterocycles. The Morgan fingerprint density at radius 2 is 2.00 bits per heavy atom. The average Bonchev–Trinajstić information content (AvgIpc) is 2.67. The molecule has 106 valence electrons. The second-order valence-corrected chi connectivity index (χ2v) is 6.29. The van der Waals surface area contributed by atoms with Crippen LogP contribution in [0.15, 0.2) is 28.7 Å². The van der Waals surface area contributed by atoms with Crippen molar-refractivity contribution in [1.29, 1.82) is 0 Å². The summed E-state index contributed by atoms with van der Waals surface area (Å²) in [5.74, 6) is 0. The van der Waals surface area contributed by atoms with Gasteiger partial charge in [-0.05, 0) is 44.0 Å². The highest BCUT2D eigenvalue weighted by atomic mass is 79.9. The van der Waals surface area contributed by atoms with Crippen LogP contribution in [0.2, 0.25) is 0 Å². The molecule has 1 aromatic carbocycles. The molecule has 1 atom stereocenters. The molecule has 0 amide bonds. The molecule has 0 spiro atoms. The van der Waals surface area contributed by atoms with Gasteiger partial charge in [-0.25, -0.2) is 0 Å². The molecule has 0 bridgehead atoms. The molecule has 2 N–H and O–H groups in total. The minimum absolute atomic E-state index is 0.0869. The van der Waals surface area contributed by atoms with Crippen molar-refractivity contribution >= 4 is 15.9 Å². The third-order valence-electron chi connectivity index (χ3n) is 4.17. The van der Waals surface area contributed by atoms with E-state index in [9.17, 15) is 0 Å². The number of hydrogen-bond donors (Lipinski definition) is 1. The van der Waals surface area contributed by atoms with Crippen molar-refractivity contribution < 1.29 is 4.74 Å². The monoisotopic (exact) mass is 326 g/mol. The second-order valence-electron chi connectivity index (χ2n) is 5.38. The van der Waals surface area contributed by atoms with Gasteiger partial charge in [0.25, 0.3) is 0 Å². The Bertz CT molecular complexity index is 386. The van der Waals surface area contributed by atoms with Gasteiger partial charge in [-0.3, -0.25) is 4.90 Å². The Morgan fingerprint density at radius 3 is 2.68 bits per heavy atom. The van der Waals surface area contributed by atoms with E-state index in [1.807, 2.05) is 0 Å². The van der Waals surface area contributed by atoms with Crippen LogP contribution in [0.3, 0.4) is 0 Å². The number of benzene rings is 1. The molecule has 0 radical (unpaired) electrons. The third-order valence-corrected chi connectivity index (χ3v) is 4.69. The highest BCUT2D eigenvalue weighted by Gasteiger charge is 2.33. The number of halogens is 1. The molecule has 19 heavy (non-hydrogen) atoms. The van der Waals surface area contributed by atoms with E-state index >= 15 is 0 Å². The van der Waals surface area contributed by atoms with Gasteiger partial charge in [-0.1, -0.05) is 28.1 Å². The largest absolute Gasteiger partial charge is 0.381 e. The second kappa shape index (κ2) is 6.84. The van der Waals surface area contributed by atoms with E-state index in [1.54, 1.807) is 0 Å². The lowest BCUT2D eigenvalue weighted by molar-refractivity contribution is 0.0835. The minimum atomic E-state index is 0.0869. The van der Waals surface area contributed by atoms with E-state index in [-0.39, 0.29) is 5.54 Å². The summed E-state index contributed by atoms with van der Waals surface area (Å²) in [4.78, 5) is 2.41. The smallest absolute Gasteiger partial charge is 0.0484 e. The fourth-order valence-corrected chi connectivity index (χ4v) is 3.03. The summed E-state index contributed by atoms with van der Waals surface area (Å²) in [5.41, 5.74) is 7.49. The van der Waals surface area contributed by atoms with Crippen LogP contribution < -0.4 is 5.73 Å². The van der Waals surface area contributed by atoms with Crippen LogP contribution in [0.4, 0.5) is 0 Å². The Hall–Kier alpha value is -0.420. The SMILES string of the molecule is CN(Cc1ccc(Br)cc1)C1(CN)CCCOCC1. The molecule has 0 saturated carbocycles. The summed E-state index contributed by atoms with van der Waals surface area (Å²) in [5, 5.41) is 0. The maximum Gasteiger partial charge on any atom is 0.0484 e. The molecule has 1 heterocycles. The first-order valence-electron chi connectivity index (χ1n) is 6.90. The molecule has 1 aliphatic rings. The highest BCUT2D eigenvalue weighted by Crippen LogP contribution is 2.28. The third kappa shape index (κ3) is 3.78. The van der Waals surface area contributed by atoms with Crippen molar-refractivity contribution in [3.8, 4) is 0 Å². The van der Waals surface area contributed by atoms with Gasteiger partial charge in [0, 0.05) is 36.3 Å². The van der Waals surface area contributed by atoms with Gasteiger partial charge in [-0.2, -0.15) is 0 Å². The molecule has 1 aromatic rings. The van der Waals surface area contributed by atoms with Crippen molar-refractivity contribution in [2.75, 3.05) is 26.8 Å². The lowest BCUT2D eigenvalue weighted by Crippen LogP contribution is -2.51. The van der Waals surface area contributed by atoms with Crippen molar-refractivity contribution in [3.05, 3.63) is 34.3 Å². The molecular weight excluding hydrogens is 304 g/mol. The molecule has 1 saturated heterocycles. The van der Waals surface area contributed by atoms with Crippen LogP contribution in [0.25, 0.3) is 0 Å². The summed E-state index contributed by atoms with van der Waals surface area (Å²) in [6, 6.07) is 8.51. The van der Waals surface area contributed by atoms with Crippen molar-refractivity contribution in [1.82, 2.24) is 4.90 Å². The Balaban J connectivity index is 2.07. The summed E-state index contributed by atoms with van der Waals surface area (Å²) in [6.45, 7) is 3.32. The fraction of sp³-hybridized carbons (Fsp3) is 0.600. The van der Waals surface area contributed by atoms with Gasteiger partial charge in [0.05, 0.1) is 0 Å². The molecule has 3 nitrogen and oxygen atoms in total. The maximum absolute atomic E-state index is 6.08. The van der Waals surface area contributed by atoms with Crippen LogP contribution >= 0.6 is 15.9 Å². The lowest BCUT2D eigenvalue weighted by atomic mass is 9.88. The molecule has 1 unspecified atom stereocenters. The number of ether oxygens (including phenoxy) is 1. The topological polar surface area (TPSA) is 38.5 Å². The molecule has 0 aromatic heterocycles. The van der Waals surface area contributed by atoms with E-state index in [4.69, 9.17) is 10.5 Å². The summed E-state index contributed by atoms with van der Waals surface area (Å²) >= 11 is 3.47. The summed E-state index contributed by atoms with van der Waals surface area (Å²) < 4.78 is 6.70. The first-order valence-corrected chi connectivity index (χ1v) is 7.69. The van der Waals surface area contributed by atoms with Gasteiger partial charge < -0.3 is 10.5 Å². The molecule has 1 fully saturated rings. The van der Waals surface area contributed by atoms with Crippen LogP contribution in [0.5, 0.6) is 0 Å². The van der Waals surface area contributed by atoms with Crippen LogP contribution in [-0.4, -0.2) is 37.2 Å². The standard InChI is InChI=1S/C15H23BrN2O/c1-18(11-13-3-5-14(16)6-4-13)15(12-17)7-2-9-19-10-8-15/h3-6H,2,7-12,17H2,1H3. The normalized spacial score (nSPS) is 24.4. The Morgan fingerprint density at radius 1 is 1.26 bits per heavy atom. The van der Waals surface area contributed by atoms with E-state index in [1.165, 1.54) is 5.56 Å². The van der Waals surface area contributed by atoms with Crippen LogP contribution in [-0.2, 0) is 11.3 Å². The lowest BCUT2D eigenvalue weighted by Gasteiger charge is -2.40. The Kier molecular flexibility index (Phi) is 5.39. The van der Waals surface area contributed by atoms with Gasteiger partial charge >= 0.3 is 0 Å². The minimum Gasteiger partial charge on any atom is -0.381 e. The first-order chi connectivity index (χ1) is 9.16. The van der Waals surface area contributed by atoms with Crippen molar-refractivity contribution in [3.63, 3.8) is 0 Å². The molecule has 0 aliphatic carbocycles. The van der Waals surface area contributed by atoms with E-state index in [0.717, 1.165) is 43.5 Å². The van der Waals surface area contributed by atoms with Crippen LogP contribution in [0, 0.1) is 0 Å². The summed E-state index contributed by atoms with van der Waals surface area (Å²) in [7, 11) is 2.18. The van der Waals surface area contributed by atoms with E-state index in [0.29, 0.717) is 6.54 Å². The van der Waals surface area contributed by atoms with Gasteiger partial charge in [0.1, 0.15) is 0 Å². The van der Waals surface area contributed by atoms with Gasteiger partial charge in [0.15, 0.2) is 0 Å². The number of likely N-dealkylation sites (N-methyl/N-ethyl adjacent to an activating group) is 1. The summed E-state index contributed by atoms with van der Waals surface area (Å²) in [6.07, 6.45) is 3.24.